The molecule has 1 saturated heterocycles. The Morgan fingerprint density at radius 1 is 1.07 bits per heavy atom. The zero-order valence-electron chi connectivity index (χ0n) is 16.9. The molecular formula is C23H24N4O3. The molecule has 0 atom stereocenters. The Bertz CT molecular complexity index is 1040. The molecule has 1 aliphatic heterocycles. The molecular weight excluding hydrogens is 380 g/mol. The number of nitrogens with zero attached hydrogens (tertiary/aromatic N) is 2. The molecule has 2 aromatic carbocycles. The fraction of sp³-hybridized carbons (Fsp3) is 0.261. The standard InChI is InChI=1S/C23H24N4O3/c1-16-13-18(27-11-5-6-12-27)9-10-19(16)25-22(28)15-24-23(29)20-14-21(30-26-20)17-7-3-2-4-8-17/h2-4,7-10,13-14H,5-6,11-12,15H2,1H3,(H,24,29)(H,25,28). The van der Waals surface area contributed by atoms with E-state index in [1.807, 2.05) is 49.4 Å². The van der Waals surface area contributed by atoms with Gasteiger partial charge in [0.05, 0.1) is 6.54 Å². The highest BCUT2D eigenvalue weighted by Gasteiger charge is 2.16. The Balaban J connectivity index is 1.31. The van der Waals surface area contributed by atoms with Crippen molar-refractivity contribution in [2.24, 2.45) is 0 Å². The number of hydrogen-bond donors (Lipinski definition) is 2. The molecule has 0 unspecified atom stereocenters. The summed E-state index contributed by atoms with van der Waals surface area (Å²) in [6, 6.07) is 17.0. The first kappa shape index (κ1) is 19.7. The van der Waals surface area contributed by atoms with Crippen molar-refractivity contribution >= 4 is 23.2 Å². The van der Waals surface area contributed by atoms with Gasteiger partial charge in [-0.2, -0.15) is 0 Å². The maximum absolute atomic E-state index is 12.3. The number of aryl methyl sites for hydroxylation is 1. The maximum atomic E-state index is 12.3. The van der Waals surface area contributed by atoms with Crippen LogP contribution in [-0.4, -0.2) is 36.6 Å². The molecule has 1 aromatic heterocycles. The molecule has 154 valence electrons. The number of aromatic nitrogens is 1. The fourth-order valence-corrected chi connectivity index (χ4v) is 3.53. The van der Waals surface area contributed by atoms with Gasteiger partial charge in [-0.3, -0.25) is 9.59 Å². The van der Waals surface area contributed by atoms with Gasteiger partial charge in [0.15, 0.2) is 11.5 Å². The monoisotopic (exact) mass is 404 g/mol. The molecule has 30 heavy (non-hydrogen) atoms. The number of rotatable bonds is 6. The second-order valence-corrected chi connectivity index (χ2v) is 7.37. The van der Waals surface area contributed by atoms with Crippen LogP contribution in [0.3, 0.4) is 0 Å². The third kappa shape index (κ3) is 4.51. The predicted molar refractivity (Wildman–Crippen MR) is 116 cm³/mol. The number of nitrogens with one attached hydrogen (secondary N) is 2. The Hall–Kier alpha value is -3.61. The van der Waals surface area contributed by atoms with E-state index in [4.69, 9.17) is 4.52 Å². The number of benzene rings is 2. The molecule has 0 spiro atoms. The van der Waals surface area contributed by atoms with E-state index in [1.54, 1.807) is 6.07 Å². The van der Waals surface area contributed by atoms with E-state index in [0.717, 1.165) is 29.9 Å². The number of amides is 2. The quantitative estimate of drug-likeness (QED) is 0.655. The van der Waals surface area contributed by atoms with Crippen molar-refractivity contribution in [3.8, 4) is 11.3 Å². The summed E-state index contributed by atoms with van der Waals surface area (Å²) in [7, 11) is 0. The summed E-state index contributed by atoms with van der Waals surface area (Å²) in [5.74, 6) is -0.261. The van der Waals surface area contributed by atoms with E-state index >= 15 is 0 Å². The van der Waals surface area contributed by atoms with Gasteiger partial charge in [0, 0.05) is 36.1 Å². The highest BCUT2D eigenvalue weighted by Crippen LogP contribution is 2.25. The topological polar surface area (TPSA) is 87.5 Å². The largest absolute Gasteiger partial charge is 0.372 e. The molecule has 0 bridgehead atoms. The van der Waals surface area contributed by atoms with Gasteiger partial charge >= 0.3 is 0 Å². The van der Waals surface area contributed by atoms with Crippen molar-refractivity contribution < 1.29 is 14.1 Å². The summed E-state index contributed by atoms with van der Waals surface area (Å²) in [4.78, 5) is 26.9. The zero-order chi connectivity index (χ0) is 20.9. The van der Waals surface area contributed by atoms with Crippen molar-refractivity contribution in [1.82, 2.24) is 10.5 Å². The van der Waals surface area contributed by atoms with Crippen LogP contribution in [0.1, 0.15) is 28.9 Å². The average Bonchev–Trinajstić information content (AvgIpc) is 3.46. The van der Waals surface area contributed by atoms with E-state index < -0.39 is 5.91 Å². The second kappa shape index (κ2) is 8.82. The van der Waals surface area contributed by atoms with Gasteiger partial charge in [-0.15, -0.1) is 0 Å². The molecule has 0 radical (unpaired) electrons. The lowest BCUT2D eigenvalue weighted by Gasteiger charge is -2.19. The van der Waals surface area contributed by atoms with Gasteiger partial charge in [0.1, 0.15) is 0 Å². The fourth-order valence-electron chi connectivity index (χ4n) is 3.53. The molecule has 7 nitrogen and oxygen atoms in total. The Morgan fingerprint density at radius 2 is 1.83 bits per heavy atom. The van der Waals surface area contributed by atoms with Gasteiger partial charge in [0.25, 0.3) is 5.91 Å². The first-order valence-corrected chi connectivity index (χ1v) is 10.1. The Morgan fingerprint density at radius 3 is 2.57 bits per heavy atom. The highest BCUT2D eigenvalue weighted by atomic mass is 16.5. The minimum Gasteiger partial charge on any atom is -0.372 e. The lowest BCUT2D eigenvalue weighted by molar-refractivity contribution is -0.115. The molecule has 1 fully saturated rings. The van der Waals surface area contributed by atoms with Crippen LogP contribution < -0.4 is 15.5 Å². The summed E-state index contributed by atoms with van der Waals surface area (Å²) in [5.41, 5.74) is 3.87. The number of carbonyl (C=O) groups is 2. The van der Waals surface area contributed by atoms with E-state index in [1.165, 1.54) is 18.5 Å². The van der Waals surface area contributed by atoms with Crippen molar-refractivity contribution in [2.75, 3.05) is 29.9 Å². The predicted octanol–water partition coefficient (Wildman–Crippen LogP) is 3.62. The van der Waals surface area contributed by atoms with Gasteiger partial charge in [-0.25, -0.2) is 0 Å². The molecule has 0 saturated carbocycles. The summed E-state index contributed by atoms with van der Waals surface area (Å²) < 4.78 is 5.23. The third-order valence-electron chi connectivity index (χ3n) is 5.17. The van der Waals surface area contributed by atoms with Crippen molar-refractivity contribution in [3.63, 3.8) is 0 Å². The Labute approximate surface area is 175 Å². The molecule has 2 heterocycles. The third-order valence-corrected chi connectivity index (χ3v) is 5.17. The van der Waals surface area contributed by atoms with Gasteiger partial charge < -0.3 is 20.1 Å². The minimum absolute atomic E-state index is 0.132. The maximum Gasteiger partial charge on any atom is 0.273 e. The first-order chi connectivity index (χ1) is 14.6. The summed E-state index contributed by atoms with van der Waals surface area (Å²) in [6.07, 6.45) is 2.44. The first-order valence-electron chi connectivity index (χ1n) is 10.1. The number of anilines is 2. The van der Waals surface area contributed by atoms with E-state index in [2.05, 4.69) is 26.8 Å². The Kier molecular flexibility index (Phi) is 5.79. The van der Waals surface area contributed by atoms with Gasteiger partial charge in [-0.1, -0.05) is 35.5 Å². The molecule has 2 amide bonds. The van der Waals surface area contributed by atoms with E-state index in [9.17, 15) is 9.59 Å². The van der Waals surface area contributed by atoms with E-state index in [-0.39, 0.29) is 18.1 Å². The summed E-state index contributed by atoms with van der Waals surface area (Å²) in [6.45, 7) is 3.96. The van der Waals surface area contributed by atoms with Crippen molar-refractivity contribution in [3.05, 3.63) is 65.9 Å². The van der Waals surface area contributed by atoms with Crippen LogP contribution in [0.25, 0.3) is 11.3 Å². The second-order valence-electron chi connectivity index (χ2n) is 7.37. The number of hydrogen-bond acceptors (Lipinski definition) is 5. The zero-order valence-corrected chi connectivity index (χ0v) is 16.9. The van der Waals surface area contributed by atoms with Crippen LogP contribution in [0.5, 0.6) is 0 Å². The smallest absolute Gasteiger partial charge is 0.273 e. The molecule has 3 aromatic rings. The van der Waals surface area contributed by atoms with Gasteiger partial charge in [-0.05, 0) is 43.5 Å². The molecule has 1 aliphatic rings. The average molecular weight is 404 g/mol. The van der Waals surface area contributed by atoms with Crippen LogP contribution in [0.4, 0.5) is 11.4 Å². The van der Waals surface area contributed by atoms with Crippen LogP contribution in [0, 0.1) is 6.92 Å². The van der Waals surface area contributed by atoms with Crippen LogP contribution >= 0.6 is 0 Å². The highest BCUT2D eigenvalue weighted by molar-refractivity contribution is 5.99. The lowest BCUT2D eigenvalue weighted by Crippen LogP contribution is -2.33. The lowest BCUT2D eigenvalue weighted by atomic mass is 10.1. The van der Waals surface area contributed by atoms with Gasteiger partial charge in [0.2, 0.25) is 5.91 Å². The van der Waals surface area contributed by atoms with Crippen molar-refractivity contribution in [1.29, 1.82) is 0 Å². The number of carbonyl (C=O) groups excluding carboxylic acids is 2. The van der Waals surface area contributed by atoms with Crippen LogP contribution in [0.15, 0.2) is 59.1 Å². The molecule has 2 N–H and O–H groups in total. The molecule has 7 heteroatoms. The summed E-state index contributed by atoms with van der Waals surface area (Å²) in [5, 5.41) is 9.22. The summed E-state index contributed by atoms with van der Waals surface area (Å²) >= 11 is 0. The molecule has 4 rings (SSSR count). The molecule has 0 aliphatic carbocycles. The van der Waals surface area contributed by atoms with Crippen molar-refractivity contribution in [2.45, 2.75) is 19.8 Å². The normalized spacial score (nSPS) is 13.3. The minimum atomic E-state index is -0.461. The van der Waals surface area contributed by atoms with Crippen LogP contribution in [-0.2, 0) is 4.79 Å². The van der Waals surface area contributed by atoms with E-state index in [0.29, 0.717) is 5.76 Å². The SMILES string of the molecule is Cc1cc(N2CCCC2)ccc1NC(=O)CNC(=O)c1cc(-c2ccccc2)on1. The van der Waals surface area contributed by atoms with Crippen LogP contribution in [0.2, 0.25) is 0 Å².